The molecule has 0 aliphatic heterocycles. The lowest BCUT2D eigenvalue weighted by Crippen LogP contribution is -2.56. The molecular weight excluding hydrogens is 184 g/mol. The van der Waals surface area contributed by atoms with Crippen LogP contribution in [0.2, 0.25) is 0 Å². The van der Waals surface area contributed by atoms with E-state index in [1.807, 2.05) is 6.08 Å². The second-order valence-corrected chi connectivity index (χ2v) is 4.53. The van der Waals surface area contributed by atoms with Crippen LogP contribution in [0.5, 0.6) is 0 Å². The summed E-state index contributed by atoms with van der Waals surface area (Å²) in [6, 6.07) is 0.524. The molecule has 0 aromatic heterocycles. The zero-order chi connectivity index (χ0) is 11.9. The molecule has 1 atom stereocenters. The summed E-state index contributed by atoms with van der Waals surface area (Å²) in [5.74, 6) is 0. The first-order chi connectivity index (χ1) is 7.04. The van der Waals surface area contributed by atoms with Gasteiger partial charge in [-0.25, -0.2) is 0 Å². The van der Waals surface area contributed by atoms with Crippen molar-refractivity contribution in [2.45, 2.75) is 52.1 Å². The fourth-order valence-electron chi connectivity index (χ4n) is 2.39. The Morgan fingerprint density at radius 1 is 1.33 bits per heavy atom. The monoisotopic (exact) mass is 212 g/mol. The SMILES string of the molecule is C=CCCC(NC)C(C)(C)N(CC)CC. The van der Waals surface area contributed by atoms with Gasteiger partial charge in [0, 0.05) is 11.6 Å². The topological polar surface area (TPSA) is 15.3 Å². The summed E-state index contributed by atoms with van der Waals surface area (Å²) >= 11 is 0. The molecule has 0 aromatic rings. The van der Waals surface area contributed by atoms with Crippen molar-refractivity contribution in [1.29, 1.82) is 0 Å². The van der Waals surface area contributed by atoms with E-state index in [1.54, 1.807) is 0 Å². The molecule has 1 N–H and O–H groups in total. The molecule has 0 rings (SSSR count). The van der Waals surface area contributed by atoms with E-state index in [4.69, 9.17) is 0 Å². The smallest absolute Gasteiger partial charge is 0.0306 e. The fraction of sp³-hybridized carbons (Fsp3) is 0.846. The van der Waals surface area contributed by atoms with Crippen LogP contribution in [0.1, 0.15) is 40.5 Å². The highest BCUT2D eigenvalue weighted by molar-refractivity contribution is 4.93. The predicted octanol–water partition coefficient (Wildman–Crippen LogP) is 2.66. The summed E-state index contributed by atoms with van der Waals surface area (Å²) in [4.78, 5) is 2.51. The predicted molar refractivity (Wildman–Crippen MR) is 69.3 cm³/mol. The van der Waals surface area contributed by atoms with Gasteiger partial charge in [0.05, 0.1) is 0 Å². The number of allylic oxidation sites excluding steroid dienone is 1. The van der Waals surface area contributed by atoms with Crippen molar-refractivity contribution in [3.05, 3.63) is 12.7 Å². The summed E-state index contributed by atoms with van der Waals surface area (Å²) in [6.07, 6.45) is 4.24. The average Bonchev–Trinajstić information content (AvgIpc) is 2.20. The Bertz CT molecular complexity index is 171. The minimum atomic E-state index is 0.210. The number of likely N-dealkylation sites (N-methyl/N-ethyl adjacent to an activating group) is 2. The van der Waals surface area contributed by atoms with Crippen molar-refractivity contribution < 1.29 is 0 Å². The van der Waals surface area contributed by atoms with E-state index in [2.05, 4.69) is 51.5 Å². The minimum Gasteiger partial charge on any atom is -0.315 e. The summed E-state index contributed by atoms with van der Waals surface area (Å²) in [5.41, 5.74) is 0.210. The molecule has 0 amide bonds. The maximum Gasteiger partial charge on any atom is 0.0306 e. The third-order valence-electron chi connectivity index (χ3n) is 3.44. The lowest BCUT2D eigenvalue weighted by Gasteiger charge is -2.43. The van der Waals surface area contributed by atoms with Crippen molar-refractivity contribution in [3.63, 3.8) is 0 Å². The molecule has 0 spiro atoms. The van der Waals surface area contributed by atoms with Gasteiger partial charge in [0.2, 0.25) is 0 Å². The first-order valence-electron chi connectivity index (χ1n) is 6.07. The molecule has 0 saturated carbocycles. The van der Waals surface area contributed by atoms with E-state index < -0.39 is 0 Å². The van der Waals surface area contributed by atoms with Crippen LogP contribution >= 0.6 is 0 Å². The number of nitrogens with one attached hydrogen (secondary N) is 1. The van der Waals surface area contributed by atoms with Crippen LogP contribution in [-0.4, -0.2) is 36.6 Å². The summed E-state index contributed by atoms with van der Waals surface area (Å²) < 4.78 is 0. The molecular formula is C13H28N2. The lowest BCUT2D eigenvalue weighted by atomic mass is 9.89. The maximum absolute atomic E-state index is 3.79. The molecule has 2 heteroatoms. The minimum absolute atomic E-state index is 0.210. The standard InChI is InChI=1S/C13H28N2/c1-7-10-11-12(14-6)13(4,5)15(8-2)9-3/h7,12,14H,1,8-11H2,2-6H3. The lowest BCUT2D eigenvalue weighted by molar-refractivity contribution is 0.0912. The Balaban J connectivity index is 4.53. The van der Waals surface area contributed by atoms with Crippen LogP contribution in [0, 0.1) is 0 Å². The van der Waals surface area contributed by atoms with Crippen molar-refractivity contribution in [2.24, 2.45) is 0 Å². The van der Waals surface area contributed by atoms with E-state index in [-0.39, 0.29) is 5.54 Å². The van der Waals surface area contributed by atoms with Crippen LogP contribution in [0.4, 0.5) is 0 Å². The molecule has 0 bridgehead atoms. The van der Waals surface area contributed by atoms with Crippen LogP contribution < -0.4 is 5.32 Å². The Hall–Kier alpha value is -0.340. The zero-order valence-electron chi connectivity index (χ0n) is 11.1. The Morgan fingerprint density at radius 2 is 1.87 bits per heavy atom. The quantitative estimate of drug-likeness (QED) is 0.622. The number of hydrogen-bond acceptors (Lipinski definition) is 2. The van der Waals surface area contributed by atoms with E-state index in [0.717, 1.165) is 25.9 Å². The first-order valence-corrected chi connectivity index (χ1v) is 6.07. The van der Waals surface area contributed by atoms with Crippen molar-refractivity contribution in [2.75, 3.05) is 20.1 Å². The van der Waals surface area contributed by atoms with Gasteiger partial charge in [0.1, 0.15) is 0 Å². The summed E-state index contributed by atoms with van der Waals surface area (Å²) in [7, 11) is 2.05. The van der Waals surface area contributed by atoms with Gasteiger partial charge >= 0.3 is 0 Å². The number of hydrogen-bond donors (Lipinski definition) is 1. The average molecular weight is 212 g/mol. The van der Waals surface area contributed by atoms with Crippen LogP contribution in [0.3, 0.4) is 0 Å². The zero-order valence-corrected chi connectivity index (χ0v) is 11.1. The summed E-state index contributed by atoms with van der Waals surface area (Å²) in [6.45, 7) is 15.1. The van der Waals surface area contributed by atoms with Gasteiger partial charge in [0.25, 0.3) is 0 Å². The molecule has 0 fully saturated rings. The Morgan fingerprint density at radius 3 is 2.20 bits per heavy atom. The molecule has 0 radical (unpaired) electrons. The molecule has 0 aromatic carbocycles. The van der Waals surface area contributed by atoms with Gasteiger partial charge in [-0.1, -0.05) is 19.9 Å². The third kappa shape index (κ3) is 3.96. The molecule has 1 unspecified atom stereocenters. The van der Waals surface area contributed by atoms with Crippen molar-refractivity contribution >= 4 is 0 Å². The fourth-order valence-corrected chi connectivity index (χ4v) is 2.39. The maximum atomic E-state index is 3.79. The van der Waals surface area contributed by atoms with Gasteiger partial charge in [-0.2, -0.15) is 0 Å². The molecule has 2 nitrogen and oxygen atoms in total. The van der Waals surface area contributed by atoms with E-state index in [9.17, 15) is 0 Å². The second-order valence-electron chi connectivity index (χ2n) is 4.53. The van der Waals surface area contributed by atoms with Gasteiger partial charge < -0.3 is 5.32 Å². The van der Waals surface area contributed by atoms with Crippen molar-refractivity contribution in [1.82, 2.24) is 10.2 Å². The largest absolute Gasteiger partial charge is 0.315 e. The summed E-state index contributed by atoms with van der Waals surface area (Å²) in [5, 5.41) is 3.44. The van der Waals surface area contributed by atoms with Gasteiger partial charge in [-0.3, -0.25) is 4.90 Å². The second kappa shape index (κ2) is 7.02. The molecule has 90 valence electrons. The van der Waals surface area contributed by atoms with Gasteiger partial charge in [0.15, 0.2) is 0 Å². The third-order valence-corrected chi connectivity index (χ3v) is 3.44. The molecule has 0 aliphatic carbocycles. The molecule has 0 heterocycles. The highest BCUT2D eigenvalue weighted by Gasteiger charge is 2.32. The Kier molecular flexibility index (Phi) is 6.86. The molecule has 0 saturated heterocycles. The number of nitrogens with zero attached hydrogens (tertiary/aromatic N) is 1. The van der Waals surface area contributed by atoms with Crippen LogP contribution in [0.25, 0.3) is 0 Å². The van der Waals surface area contributed by atoms with E-state index >= 15 is 0 Å². The van der Waals surface area contributed by atoms with E-state index in [1.165, 1.54) is 0 Å². The normalized spacial score (nSPS) is 14.3. The van der Waals surface area contributed by atoms with Crippen LogP contribution in [0.15, 0.2) is 12.7 Å². The van der Waals surface area contributed by atoms with Crippen LogP contribution in [-0.2, 0) is 0 Å². The van der Waals surface area contributed by atoms with E-state index in [0.29, 0.717) is 6.04 Å². The van der Waals surface area contributed by atoms with Gasteiger partial charge in [-0.05, 0) is 46.8 Å². The molecule has 15 heavy (non-hydrogen) atoms. The first kappa shape index (κ1) is 14.7. The van der Waals surface area contributed by atoms with Crippen molar-refractivity contribution in [3.8, 4) is 0 Å². The Labute approximate surface area is 95.7 Å². The highest BCUT2D eigenvalue weighted by atomic mass is 15.2. The molecule has 0 aliphatic rings. The number of rotatable bonds is 8. The highest BCUT2D eigenvalue weighted by Crippen LogP contribution is 2.21. The van der Waals surface area contributed by atoms with Gasteiger partial charge in [-0.15, -0.1) is 6.58 Å².